The number of carbonyl (C=O) groups is 2. The highest BCUT2D eigenvalue weighted by Crippen LogP contribution is 2.44. The van der Waals surface area contributed by atoms with Gasteiger partial charge >= 0.3 is 0 Å². The minimum Gasteiger partial charge on any atom is -0.322 e. The Morgan fingerprint density at radius 3 is 2.39 bits per heavy atom. The molecule has 1 heterocycles. The Hall–Kier alpha value is -2.63. The van der Waals surface area contributed by atoms with Crippen LogP contribution in [-0.2, 0) is 24.1 Å². The molecule has 4 nitrogen and oxygen atoms in total. The van der Waals surface area contributed by atoms with E-state index in [0.717, 1.165) is 30.4 Å². The van der Waals surface area contributed by atoms with Crippen LogP contribution in [0.15, 0.2) is 54.6 Å². The van der Waals surface area contributed by atoms with Crippen LogP contribution in [0, 0.1) is 11.3 Å². The quantitative estimate of drug-likeness (QED) is 0.413. The highest BCUT2D eigenvalue weighted by molar-refractivity contribution is 7.17. The third kappa shape index (κ3) is 5.66. The molecule has 3 aromatic rings. The van der Waals surface area contributed by atoms with Crippen LogP contribution >= 0.6 is 22.9 Å². The molecule has 0 bridgehead atoms. The van der Waals surface area contributed by atoms with Gasteiger partial charge in [-0.2, -0.15) is 0 Å². The smallest absolute Gasteiger partial charge is 0.258 e. The van der Waals surface area contributed by atoms with Crippen molar-refractivity contribution in [2.24, 2.45) is 11.3 Å². The van der Waals surface area contributed by atoms with Crippen LogP contribution in [0.4, 0.5) is 10.7 Å². The van der Waals surface area contributed by atoms with E-state index in [0.29, 0.717) is 27.2 Å². The Bertz CT molecular complexity index is 1150. The van der Waals surface area contributed by atoms with Crippen molar-refractivity contribution >= 4 is 45.4 Å². The number of hydrogen-bond acceptors (Lipinski definition) is 3. The van der Waals surface area contributed by atoms with Crippen molar-refractivity contribution < 1.29 is 9.59 Å². The Morgan fingerprint density at radius 2 is 1.73 bits per heavy atom. The van der Waals surface area contributed by atoms with Crippen LogP contribution < -0.4 is 10.6 Å². The van der Waals surface area contributed by atoms with E-state index < -0.39 is 0 Å². The first kappa shape index (κ1) is 23.5. The number of benzene rings is 2. The second-order valence-electron chi connectivity index (χ2n) is 9.69. The molecular weight excluding hydrogens is 452 g/mol. The van der Waals surface area contributed by atoms with Crippen molar-refractivity contribution in [3.05, 3.63) is 81.2 Å². The average Bonchev–Trinajstić information content (AvgIpc) is 3.12. The van der Waals surface area contributed by atoms with Gasteiger partial charge in [-0.1, -0.05) is 62.7 Å². The maximum atomic E-state index is 13.4. The summed E-state index contributed by atoms with van der Waals surface area (Å²) in [6.45, 7) is 6.81. The lowest BCUT2D eigenvalue weighted by Crippen LogP contribution is -2.27. The second-order valence-corrected chi connectivity index (χ2v) is 11.2. The third-order valence-corrected chi connectivity index (χ3v) is 7.70. The predicted octanol–water partition coefficient (Wildman–Crippen LogP) is 6.99. The Kier molecular flexibility index (Phi) is 6.91. The van der Waals surface area contributed by atoms with Crippen LogP contribution in [0.5, 0.6) is 0 Å². The highest BCUT2D eigenvalue weighted by atomic mass is 35.5. The van der Waals surface area contributed by atoms with E-state index in [1.54, 1.807) is 35.6 Å². The zero-order chi connectivity index (χ0) is 23.6. The fraction of sp³-hybridized carbons (Fsp3) is 0.333. The van der Waals surface area contributed by atoms with Crippen molar-refractivity contribution in [2.75, 3.05) is 10.6 Å². The number of thiophene rings is 1. The van der Waals surface area contributed by atoms with Crippen molar-refractivity contribution in [3.8, 4) is 0 Å². The largest absolute Gasteiger partial charge is 0.322 e. The lowest BCUT2D eigenvalue weighted by molar-refractivity contribution is -0.115. The van der Waals surface area contributed by atoms with E-state index >= 15 is 0 Å². The van der Waals surface area contributed by atoms with Gasteiger partial charge in [0.05, 0.1) is 12.0 Å². The summed E-state index contributed by atoms with van der Waals surface area (Å²) in [5.74, 6) is 0.232. The van der Waals surface area contributed by atoms with Crippen LogP contribution in [0.25, 0.3) is 0 Å². The van der Waals surface area contributed by atoms with E-state index in [-0.39, 0.29) is 23.7 Å². The number of rotatable bonds is 5. The van der Waals surface area contributed by atoms with E-state index in [2.05, 4.69) is 31.4 Å². The molecule has 33 heavy (non-hydrogen) atoms. The van der Waals surface area contributed by atoms with Gasteiger partial charge < -0.3 is 10.6 Å². The number of anilines is 2. The first-order chi connectivity index (χ1) is 15.7. The van der Waals surface area contributed by atoms with Gasteiger partial charge in [-0.15, -0.1) is 11.3 Å². The Balaban J connectivity index is 1.62. The Morgan fingerprint density at radius 1 is 1.03 bits per heavy atom. The maximum Gasteiger partial charge on any atom is 0.258 e. The molecule has 172 valence electrons. The lowest BCUT2D eigenvalue weighted by atomic mass is 9.72. The van der Waals surface area contributed by atoms with Crippen molar-refractivity contribution in [1.29, 1.82) is 0 Å². The molecule has 1 aliphatic carbocycles. The summed E-state index contributed by atoms with van der Waals surface area (Å²) in [4.78, 5) is 27.4. The summed E-state index contributed by atoms with van der Waals surface area (Å²) in [7, 11) is 0. The fourth-order valence-electron chi connectivity index (χ4n) is 4.33. The molecule has 0 fully saturated rings. The molecule has 2 amide bonds. The molecule has 4 rings (SSSR count). The van der Waals surface area contributed by atoms with E-state index in [9.17, 15) is 9.59 Å². The lowest BCUT2D eigenvalue weighted by Gasteiger charge is -2.33. The maximum absolute atomic E-state index is 13.4. The molecule has 0 spiro atoms. The standard InChI is InChI=1S/C27H29ClN2O2S/c1-27(2,3)18-9-14-21-22(16-18)33-26(30-23(31)15-17-7-5-4-6-8-17)24(21)25(32)29-20-12-10-19(28)11-13-20/h4-8,10-13,18H,9,14-16H2,1-3H3,(H,29,32)(H,30,31). The van der Waals surface area contributed by atoms with Crippen LogP contribution in [-0.4, -0.2) is 11.8 Å². The van der Waals surface area contributed by atoms with Gasteiger partial charge in [0.1, 0.15) is 5.00 Å². The molecule has 1 aliphatic rings. The molecule has 2 N–H and O–H groups in total. The summed E-state index contributed by atoms with van der Waals surface area (Å²) < 4.78 is 0. The molecule has 2 aromatic carbocycles. The molecule has 1 aromatic heterocycles. The SMILES string of the molecule is CC(C)(C)C1CCc2c(sc(NC(=O)Cc3ccccc3)c2C(=O)Nc2ccc(Cl)cc2)C1. The molecule has 1 unspecified atom stereocenters. The van der Waals surface area contributed by atoms with E-state index in [4.69, 9.17) is 11.6 Å². The third-order valence-electron chi connectivity index (χ3n) is 6.28. The first-order valence-corrected chi connectivity index (χ1v) is 12.5. The minimum atomic E-state index is -0.195. The summed E-state index contributed by atoms with van der Waals surface area (Å²) in [6.07, 6.45) is 3.07. The van der Waals surface area contributed by atoms with Gasteiger partial charge in [-0.25, -0.2) is 0 Å². The molecule has 0 radical (unpaired) electrons. The zero-order valence-electron chi connectivity index (χ0n) is 19.2. The summed E-state index contributed by atoms with van der Waals surface area (Å²) in [5.41, 5.74) is 3.48. The number of nitrogens with one attached hydrogen (secondary N) is 2. The molecular formula is C27H29ClN2O2S. The second kappa shape index (κ2) is 9.70. The number of carbonyl (C=O) groups excluding carboxylic acids is 2. The topological polar surface area (TPSA) is 58.2 Å². The molecule has 0 saturated heterocycles. The fourth-order valence-corrected chi connectivity index (χ4v) is 5.80. The summed E-state index contributed by atoms with van der Waals surface area (Å²) in [5, 5.41) is 7.28. The number of halogens is 1. The van der Waals surface area contributed by atoms with Crippen LogP contribution in [0.1, 0.15) is 53.6 Å². The summed E-state index contributed by atoms with van der Waals surface area (Å²) >= 11 is 7.53. The highest BCUT2D eigenvalue weighted by Gasteiger charge is 2.34. The van der Waals surface area contributed by atoms with Crippen LogP contribution in [0.2, 0.25) is 5.02 Å². The van der Waals surface area contributed by atoms with Crippen LogP contribution in [0.3, 0.4) is 0 Å². The van der Waals surface area contributed by atoms with E-state index in [1.165, 1.54) is 4.88 Å². The van der Waals surface area contributed by atoms with Crippen molar-refractivity contribution in [3.63, 3.8) is 0 Å². The van der Waals surface area contributed by atoms with Gasteiger partial charge in [-0.3, -0.25) is 9.59 Å². The van der Waals surface area contributed by atoms with E-state index in [1.807, 2.05) is 30.3 Å². The van der Waals surface area contributed by atoms with Gasteiger partial charge in [0, 0.05) is 15.6 Å². The average molecular weight is 481 g/mol. The molecule has 6 heteroatoms. The van der Waals surface area contributed by atoms with Gasteiger partial charge in [0.2, 0.25) is 5.91 Å². The monoisotopic (exact) mass is 480 g/mol. The number of fused-ring (bicyclic) bond motifs is 1. The number of amides is 2. The Labute approximate surface area is 204 Å². The molecule has 0 saturated carbocycles. The zero-order valence-corrected chi connectivity index (χ0v) is 20.8. The molecule has 1 atom stereocenters. The molecule has 0 aliphatic heterocycles. The first-order valence-electron chi connectivity index (χ1n) is 11.3. The van der Waals surface area contributed by atoms with Crippen molar-refractivity contribution in [1.82, 2.24) is 0 Å². The van der Waals surface area contributed by atoms with Gasteiger partial charge in [0.15, 0.2) is 0 Å². The van der Waals surface area contributed by atoms with Gasteiger partial charge in [0.25, 0.3) is 5.91 Å². The summed E-state index contributed by atoms with van der Waals surface area (Å²) in [6, 6.07) is 16.7. The van der Waals surface area contributed by atoms with Gasteiger partial charge in [-0.05, 0) is 66.0 Å². The normalized spacial score (nSPS) is 15.6. The number of hydrogen-bond donors (Lipinski definition) is 2. The van der Waals surface area contributed by atoms with Crippen molar-refractivity contribution in [2.45, 2.75) is 46.5 Å². The minimum absolute atomic E-state index is 0.118. The predicted molar refractivity (Wildman–Crippen MR) is 137 cm³/mol.